The standard InChI is InChI=1S/C22H23N3O3/c1-2-28-22(27)25-9-7-14(8-10-25)20-19-6-5-18(26)12-15(19)3-4-16-11-17(23)13-24-21(16)20/h3-6,11-13,26H,2,7-10,23H2,1H3. The lowest BCUT2D eigenvalue weighted by molar-refractivity contribution is 0.104. The molecule has 2 aliphatic rings. The van der Waals surface area contributed by atoms with E-state index in [4.69, 9.17) is 10.5 Å². The third kappa shape index (κ3) is 3.33. The second kappa shape index (κ2) is 7.38. The van der Waals surface area contributed by atoms with Crippen molar-refractivity contribution in [2.24, 2.45) is 0 Å². The van der Waals surface area contributed by atoms with Crippen LogP contribution < -0.4 is 5.73 Å². The van der Waals surface area contributed by atoms with Crippen LogP contribution in [0, 0.1) is 0 Å². The van der Waals surface area contributed by atoms with E-state index in [0.717, 1.165) is 40.8 Å². The Morgan fingerprint density at radius 3 is 2.71 bits per heavy atom. The van der Waals surface area contributed by atoms with E-state index in [1.807, 2.05) is 31.2 Å². The first-order chi connectivity index (χ1) is 13.6. The summed E-state index contributed by atoms with van der Waals surface area (Å²) in [5, 5.41) is 9.94. The van der Waals surface area contributed by atoms with Crippen molar-refractivity contribution in [3.8, 4) is 5.75 Å². The van der Waals surface area contributed by atoms with Gasteiger partial charge >= 0.3 is 6.09 Å². The number of nitrogens with two attached hydrogens (primary N) is 1. The minimum atomic E-state index is -0.259. The number of aromatic hydroxyl groups is 1. The molecule has 0 atom stereocenters. The molecular formula is C22H23N3O3. The third-order valence-electron chi connectivity index (χ3n) is 5.17. The second-order valence-corrected chi connectivity index (χ2v) is 6.98. The number of fused-ring (bicyclic) bond motifs is 2. The highest BCUT2D eigenvalue weighted by atomic mass is 16.6. The maximum atomic E-state index is 12.0. The number of hydrogen-bond donors (Lipinski definition) is 2. The quantitative estimate of drug-likeness (QED) is 0.671. The van der Waals surface area contributed by atoms with Gasteiger partial charge < -0.3 is 20.5 Å². The fraction of sp³-hybridized carbons (Fsp3) is 0.273. The SMILES string of the molecule is CCOC(=O)N1CCC(=C2c3ccc(O)cc3C=Cc3cc(N)cnc32)CC1. The number of carbonyl (C=O) groups excluding carboxylic acids is 1. The largest absolute Gasteiger partial charge is 0.508 e. The highest BCUT2D eigenvalue weighted by molar-refractivity contribution is 5.94. The maximum absolute atomic E-state index is 12.0. The summed E-state index contributed by atoms with van der Waals surface area (Å²) in [6.07, 6.45) is 6.88. The van der Waals surface area contributed by atoms with Crippen LogP contribution >= 0.6 is 0 Å². The van der Waals surface area contributed by atoms with Gasteiger partial charge in [0.1, 0.15) is 5.75 Å². The normalized spacial score (nSPS) is 15.7. The van der Waals surface area contributed by atoms with E-state index in [1.165, 1.54) is 5.57 Å². The molecule has 2 heterocycles. The number of ether oxygens (including phenoxy) is 1. The molecule has 0 spiro atoms. The monoisotopic (exact) mass is 377 g/mol. The Morgan fingerprint density at radius 2 is 1.96 bits per heavy atom. The summed E-state index contributed by atoms with van der Waals surface area (Å²) in [4.78, 5) is 18.4. The number of phenolic OH excluding ortho intramolecular Hbond substituents is 1. The van der Waals surface area contributed by atoms with E-state index in [-0.39, 0.29) is 11.8 Å². The zero-order valence-corrected chi connectivity index (χ0v) is 15.8. The molecule has 0 radical (unpaired) electrons. The number of benzene rings is 1. The van der Waals surface area contributed by atoms with E-state index in [2.05, 4.69) is 4.98 Å². The molecule has 1 aromatic heterocycles. The summed E-state index contributed by atoms with van der Waals surface area (Å²) in [7, 11) is 0. The molecule has 144 valence electrons. The zero-order valence-electron chi connectivity index (χ0n) is 15.8. The van der Waals surface area contributed by atoms with E-state index in [1.54, 1.807) is 23.2 Å². The van der Waals surface area contributed by atoms with Gasteiger partial charge in [0, 0.05) is 24.2 Å². The number of amides is 1. The smallest absolute Gasteiger partial charge is 0.409 e. The minimum absolute atomic E-state index is 0.225. The summed E-state index contributed by atoms with van der Waals surface area (Å²) >= 11 is 0. The van der Waals surface area contributed by atoms with Crippen LogP contribution in [0.25, 0.3) is 17.7 Å². The highest BCUT2D eigenvalue weighted by Gasteiger charge is 2.26. The third-order valence-corrected chi connectivity index (χ3v) is 5.17. The van der Waals surface area contributed by atoms with Crippen LogP contribution in [-0.2, 0) is 4.74 Å². The molecule has 1 saturated heterocycles. The average molecular weight is 377 g/mol. The fourth-order valence-electron chi connectivity index (χ4n) is 3.84. The molecule has 4 rings (SSSR count). The number of hydrogen-bond acceptors (Lipinski definition) is 5. The van der Waals surface area contributed by atoms with Crippen LogP contribution in [0.3, 0.4) is 0 Å². The van der Waals surface area contributed by atoms with E-state index >= 15 is 0 Å². The van der Waals surface area contributed by atoms with Crippen molar-refractivity contribution in [3.05, 3.63) is 58.4 Å². The van der Waals surface area contributed by atoms with Crippen LogP contribution in [0.15, 0.2) is 36.0 Å². The molecule has 1 aliphatic heterocycles. The summed E-state index contributed by atoms with van der Waals surface area (Å²) in [6.45, 7) is 3.42. The Kier molecular flexibility index (Phi) is 4.77. The first-order valence-corrected chi connectivity index (χ1v) is 9.48. The van der Waals surface area contributed by atoms with Crippen LogP contribution in [-0.4, -0.2) is 40.8 Å². The van der Waals surface area contributed by atoms with Gasteiger partial charge in [0.2, 0.25) is 0 Å². The Hall–Kier alpha value is -3.28. The van der Waals surface area contributed by atoms with E-state index < -0.39 is 0 Å². The van der Waals surface area contributed by atoms with Crippen molar-refractivity contribution in [1.82, 2.24) is 9.88 Å². The lowest BCUT2D eigenvalue weighted by atomic mass is 9.88. The molecular weight excluding hydrogens is 354 g/mol. The number of nitrogens with zero attached hydrogens (tertiary/aromatic N) is 2. The van der Waals surface area contributed by atoms with Gasteiger partial charge in [0.15, 0.2) is 0 Å². The van der Waals surface area contributed by atoms with Crippen LogP contribution in [0.1, 0.15) is 42.1 Å². The van der Waals surface area contributed by atoms with Crippen molar-refractivity contribution < 1.29 is 14.6 Å². The fourth-order valence-corrected chi connectivity index (χ4v) is 3.84. The zero-order chi connectivity index (χ0) is 19.7. The summed E-state index contributed by atoms with van der Waals surface area (Å²) < 4.78 is 5.13. The molecule has 1 amide bonds. The topological polar surface area (TPSA) is 88.7 Å². The average Bonchev–Trinajstić information content (AvgIpc) is 2.84. The summed E-state index contributed by atoms with van der Waals surface area (Å²) in [5.74, 6) is 0.225. The number of likely N-dealkylation sites (tertiary alicyclic amines) is 1. The van der Waals surface area contributed by atoms with Gasteiger partial charge in [-0.05, 0) is 49.1 Å². The second-order valence-electron chi connectivity index (χ2n) is 6.98. The van der Waals surface area contributed by atoms with Gasteiger partial charge in [0.25, 0.3) is 0 Å². The van der Waals surface area contributed by atoms with Crippen LogP contribution in [0.2, 0.25) is 0 Å². The molecule has 0 unspecified atom stereocenters. The number of pyridine rings is 1. The minimum Gasteiger partial charge on any atom is -0.508 e. The Labute approximate surface area is 164 Å². The van der Waals surface area contributed by atoms with Gasteiger partial charge in [-0.1, -0.05) is 23.8 Å². The van der Waals surface area contributed by atoms with Gasteiger partial charge in [-0.2, -0.15) is 0 Å². The number of piperidine rings is 1. The van der Waals surface area contributed by atoms with Crippen molar-refractivity contribution in [2.75, 3.05) is 25.4 Å². The Bertz CT molecular complexity index is 927. The molecule has 6 nitrogen and oxygen atoms in total. The van der Waals surface area contributed by atoms with Gasteiger partial charge in [-0.25, -0.2) is 4.79 Å². The van der Waals surface area contributed by atoms with Gasteiger partial charge in [-0.15, -0.1) is 0 Å². The number of nitrogen functional groups attached to an aromatic ring is 1. The van der Waals surface area contributed by atoms with E-state index in [0.29, 0.717) is 25.4 Å². The molecule has 3 N–H and O–H groups in total. The molecule has 1 aliphatic carbocycles. The highest BCUT2D eigenvalue weighted by Crippen LogP contribution is 2.39. The molecule has 1 aromatic carbocycles. The molecule has 0 bridgehead atoms. The van der Waals surface area contributed by atoms with Crippen LogP contribution in [0.4, 0.5) is 10.5 Å². The van der Waals surface area contributed by atoms with Crippen molar-refractivity contribution in [1.29, 1.82) is 0 Å². The van der Waals surface area contributed by atoms with Crippen molar-refractivity contribution in [3.63, 3.8) is 0 Å². The summed E-state index contributed by atoms with van der Waals surface area (Å²) in [5.41, 5.74) is 12.7. The molecule has 2 aromatic rings. The number of rotatable bonds is 1. The molecule has 1 fully saturated rings. The number of anilines is 1. The summed E-state index contributed by atoms with van der Waals surface area (Å²) in [6, 6.07) is 7.31. The maximum Gasteiger partial charge on any atom is 0.409 e. The van der Waals surface area contributed by atoms with Crippen LogP contribution in [0.5, 0.6) is 5.75 Å². The van der Waals surface area contributed by atoms with Gasteiger partial charge in [0.05, 0.1) is 24.2 Å². The van der Waals surface area contributed by atoms with Gasteiger partial charge in [-0.3, -0.25) is 4.98 Å². The Morgan fingerprint density at radius 1 is 1.21 bits per heavy atom. The predicted molar refractivity (Wildman–Crippen MR) is 110 cm³/mol. The van der Waals surface area contributed by atoms with Crippen molar-refractivity contribution >= 4 is 29.5 Å². The lowest BCUT2D eigenvalue weighted by Gasteiger charge is -2.29. The number of aromatic nitrogens is 1. The molecule has 6 heteroatoms. The first-order valence-electron chi connectivity index (χ1n) is 9.48. The Balaban J connectivity index is 1.79. The van der Waals surface area contributed by atoms with Crippen molar-refractivity contribution in [2.45, 2.75) is 19.8 Å². The van der Waals surface area contributed by atoms with E-state index in [9.17, 15) is 9.90 Å². The predicted octanol–water partition coefficient (Wildman–Crippen LogP) is 3.91. The number of carbonyl (C=O) groups is 1. The lowest BCUT2D eigenvalue weighted by Crippen LogP contribution is -2.37. The molecule has 0 saturated carbocycles. The molecule has 28 heavy (non-hydrogen) atoms. The first kappa shape index (κ1) is 18.1. The number of phenols is 1.